The number of benzene rings is 1. The number of allylic oxidation sites excluding steroid dienone is 1. The Kier molecular flexibility index (Phi) is 3.43. The first kappa shape index (κ1) is 13.1. The van der Waals surface area contributed by atoms with Gasteiger partial charge in [-0.25, -0.2) is 4.79 Å². The average molecular weight is 271 g/mol. The summed E-state index contributed by atoms with van der Waals surface area (Å²) in [4.78, 5) is 23.9. The summed E-state index contributed by atoms with van der Waals surface area (Å²) in [5, 5.41) is 2.87. The van der Waals surface area contributed by atoms with Gasteiger partial charge in [0.05, 0.1) is 12.0 Å². The van der Waals surface area contributed by atoms with Gasteiger partial charge in [0, 0.05) is 19.1 Å². The van der Waals surface area contributed by atoms with Gasteiger partial charge in [-0.05, 0) is 18.4 Å². The highest BCUT2D eigenvalue weighted by Gasteiger charge is 2.51. The van der Waals surface area contributed by atoms with E-state index in [4.69, 9.17) is 4.74 Å². The number of Topliss-reactive ketones (excluding diaryl/α,β-unsaturated/α-hetero) is 1. The third-order valence-corrected chi connectivity index (χ3v) is 4.47. The Balaban J connectivity index is 2.12. The van der Waals surface area contributed by atoms with Gasteiger partial charge in [-0.15, -0.1) is 0 Å². The van der Waals surface area contributed by atoms with Crippen LogP contribution in [-0.4, -0.2) is 31.5 Å². The number of piperidine rings is 1. The summed E-state index contributed by atoms with van der Waals surface area (Å²) in [6.07, 6.45) is 1.54. The number of ether oxygens (including phenoxy) is 1. The van der Waals surface area contributed by atoms with Gasteiger partial charge in [0.25, 0.3) is 0 Å². The molecule has 4 heteroatoms. The van der Waals surface area contributed by atoms with Crippen molar-refractivity contribution in [3.8, 4) is 0 Å². The number of nitrogens with one attached hydrogen (secondary N) is 1. The van der Waals surface area contributed by atoms with Crippen LogP contribution in [0.25, 0.3) is 0 Å². The molecule has 0 radical (unpaired) electrons. The smallest absolute Gasteiger partial charge is 0.200 e. The molecule has 2 heterocycles. The molecule has 1 N–H and O–H groups in total. The summed E-state index contributed by atoms with van der Waals surface area (Å²) in [5.74, 6) is 1.76. The fourth-order valence-electron chi connectivity index (χ4n) is 3.44. The molecule has 0 bridgehead atoms. The molecule has 3 rings (SSSR count). The van der Waals surface area contributed by atoms with Crippen molar-refractivity contribution < 1.29 is 14.3 Å². The van der Waals surface area contributed by atoms with Gasteiger partial charge in [-0.2, -0.15) is 0 Å². The number of rotatable bonds is 2. The average Bonchev–Trinajstić information content (AvgIpc) is 3.03. The molecule has 2 saturated heterocycles. The monoisotopic (exact) mass is 271 g/mol. The Bertz CT molecular complexity index is 556. The summed E-state index contributed by atoms with van der Waals surface area (Å²) in [6, 6.07) is 9.76. The quantitative estimate of drug-likeness (QED) is 0.649. The van der Waals surface area contributed by atoms with Crippen LogP contribution in [0.2, 0.25) is 0 Å². The number of hydrogen-bond donors (Lipinski definition) is 1. The molecular weight excluding hydrogens is 254 g/mol. The predicted octanol–water partition coefficient (Wildman–Crippen LogP) is 1.24. The zero-order chi connectivity index (χ0) is 14.0. The molecule has 0 aliphatic carbocycles. The van der Waals surface area contributed by atoms with Crippen molar-refractivity contribution >= 4 is 11.7 Å². The lowest BCUT2D eigenvalue weighted by Gasteiger charge is -2.40. The minimum atomic E-state index is -0.643. The van der Waals surface area contributed by atoms with Crippen LogP contribution in [0.1, 0.15) is 18.4 Å². The molecule has 104 valence electrons. The second kappa shape index (κ2) is 5.23. The third kappa shape index (κ3) is 1.89. The van der Waals surface area contributed by atoms with E-state index in [1.165, 1.54) is 0 Å². The number of ketones is 1. The third-order valence-electron chi connectivity index (χ3n) is 4.47. The summed E-state index contributed by atoms with van der Waals surface area (Å²) < 4.78 is 5.49. The molecule has 0 aromatic heterocycles. The maximum atomic E-state index is 12.8. The molecule has 2 aliphatic rings. The highest BCUT2D eigenvalue weighted by Crippen LogP contribution is 2.43. The summed E-state index contributed by atoms with van der Waals surface area (Å²) >= 11 is 0. The van der Waals surface area contributed by atoms with E-state index >= 15 is 0 Å². The Hall–Kier alpha value is -1.90. The van der Waals surface area contributed by atoms with Crippen LogP contribution in [0.4, 0.5) is 0 Å². The van der Waals surface area contributed by atoms with Gasteiger partial charge in [0.2, 0.25) is 5.78 Å². The Morgan fingerprint density at radius 1 is 1.30 bits per heavy atom. The first-order valence-electron chi connectivity index (χ1n) is 6.96. The van der Waals surface area contributed by atoms with E-state index in [0.29, 0.717) is 26.2 Å². The lowest BCUT2D eigenvalue weighted by molar-refractivity contribution is -0.124. The van der Waals surface area contributed by atoms with Gasteiger partial charge in [-0.3, -0.25) is 4.79 Å². The minimum Gasteiger partial charge on any atom is -0.381 e. The van der Waals surface area contributed by atoms with E-state index < -0.39 is 5.41 Å². The number of carbonyl (C=O) groups is 1. The number of hydrogen-bond acceptors (Lipinski definition) is 4. The van der Waals surface area contributed by atoms with Crippen molar-refractivity contribution in [2.45, 2.75) is 18.3 Å². The van der Waals surface area contributed by atoms with Crippen molar-refractivity contribution in [3.05, 3.63) is 41.6 Å². The normalized spacial score (nSPS) is 29.9. The van der Waals surface area contributed by atoms with Crippen molar-refractivity contribution in [1.82, 2.24) is 5.32 Å². The summed E-state index contributed by atoms with van der Waals surface area (Å²) in [7, 11) is 0. The largest absolute Gasteiger partial charge is 0.381 e. The van der Waals surface area contributed by atoms with Crippen LogP contribution in [-0.2, 0) is 19.7 Å². The molecule has 1 aromatic carbocycles. The summed E-state index contributed by atoms with van der Waals surface area (Å²) in [5.41, 5.74) is 0.414. The second-order valence-electron chi connectivity index (χ2n) is 5.38. The predicted molar refractivity (Wildman–Crippen MR) is 73.9 cm³/mol. The maximum Gasteiger partial charge on any atom is 0.200 e. The van der Waals surface area contributed by atoms with Crippen LogP contribution >= 0.6 is 0 Å². The highest BCUT2D eigenvalue weighted by molar-refractivity contribution is 6.09. The molecule has 2 fully saturated rings. The molecule has 2 atom stereocenters. The topological polar surface area (TPSA) is 55.4 Å². The van der Waals surface area contributed by atoms with Gasteiger partial charge >= 0.3 is 0 Å². The fourth-order valence-corrected chi connectivity index (χ4v) is 3.44. The van der Waals surface area contributed by atoms with E-state index in [1.807, 2.05) is 30.3 Å². The highest BCUT2D eigenvalue weighted by atomic mass is 16.5. The molecule has 0 spiro atoms. The van der Waals surface area contributed by atoms with Crippen molar-refractivity contribution in [1.29, 1.82) is 0 Å². The summed E-state index contributed by atoms with van der Waals surface area (Å²) in [6.45, 7) is 1.87. The number of carbonyl (C=O) groups excluding carboxylic acids is 2. The molecule has 4 nitrogen and oxygen atoms in total. The van der Waals surface area contributed by atoms with Crippen molar-refractivity contribution in [2.75, 3.05) is 19.8 Å². The Morgan fingerprint density at radius 3 is 2.75 bits per heavy atom. The Morgan fingerprint density at radius 2 is 2.10 bits per heavy atom. The zero-order valence-electron chi connectivity index (χ0n) is 11.2. The van der Waals surface area contributed by atoms with Crippen LogP contribution in [0.3, 0.4) is 0 Å². The van der Waals surface area contributed by atoms with Crippen LogP contribution in [0.15, 0.2) is 36.0 Å². The molecule has 1 aromatic rings. The minimum absolute atomic E-state index is 0.0759. The van der Waals surface area contributed by atoms with Gasteiger partial charge in [0.1, 0.15) is 0 Å². The van der Waals surface area contributed by atoms with Gasteiger partial charge < -0.3 is 10.1 Å². The molecule has 0 amide bonds. The second-order valence-corrected chi connectivity index (χ2v) is 5.38. The lowest BCUT2D eigenvalue weighted by atomic mass is 9.63. The van der Waals surface area contributed by atoms with E-state index in [1.54, 1.807) is 5.94 Å². The lowest BCUT2D eigenvalue weighted by Crippen LogP contribution is -2.52. The SMILES string of the molecule is O=C=C1NCCC(c2ccccc2)([C@H]2CCOC2)C1=O. The Labute approximate surface area is 117 Å². The van der Waals surface area contributed by atoms with Gasteiger partial charge in [0.15, 0.2) is 11.6 Å². The molecular formula is C16H17NO3. The van der Waals surface area contributed by atoms with Gasteiger partial charge in [-0.1, -0.05) is 30.3 Å². The molecule has 20 heavy (non-hydrogen) atoms. The van der Waals surface area contributed by atoms with E-state index in [9.17, 15) is 9.59 Å². The van der Waals surface area contributed by atoms with Crippen LogP contribution in [0, 0.1) is 5.92 Å². The standard InChI is InChI=1S/C16H17NO3/c18-10-14-15(19)16(7-8-17-14,13-6-9-20-11-13)12-4-2-1-3-5-12/h1-5,13,17H,6-9,11H2/t13-,16?/m0/s1. The first-order chi connectivity index (χ1) is 9.79. The van der Waals surface area contributed by atoms with Crippen LogP contribution in [0.5, 0.6) is 0 Å². The molecule has 0 saturated carbocycles. The van der Waals surface area contributed by atoms with Crippen molar-refractivity contribution in [3.63, 3.8) is 0 Å². The van der Waals surface area contributed by atoms with E-state index in [0.717, 1.165) is 12.0 Å². The molecule has 1 unspecified atom stereocenters. The zero-order valence-corrected chi connectivity index (χ0v) is 11.2. The van der Waals surface area contributed by atoms with E-state index in [-0.39, 0.29) is 17.4 Å². The fraction of sp³-hybridized carbons (Fsp3) is 0.438. The molecule has 2 aliphatic heterocycles. The van der Waals surface area contributed by atoms with E-state index in [2.05, 4.69) is 5.32 Å². The first-order valence-corrected chi connectivity index (χ1v) is 6.96. The maximum absolute atomic E-state index is 12.8. The van der Waals surface area contributed by atoms with Crippen molar-refractivity contribution in [2.24, 2.45) is 5.92 Å². The van der Waals surface area contributed by atoms with Crippen LogP contribution < -0.4 is 5.32 Å².